The van der Waals surface area contributed by atoms with Crippen LogP contribution in [0, 0.1) is 5.92 Å². The molecule has 1 atom stereocenters. The van der Waals surface area contributed by atoms with E-state index in [1.165, 1.54) is 31.4 Å². The zero-order chi connectivity index (χ0) is 16.4. The number of amides is 1. The van der Waals surface area contributed by atoms with E-state index in [-0.39, 0.29) is 11.4 Å². The fraction of sp³-hybridized carbons (Fsp3) is 0.778. The first-order chi connectivity index (χ1) is 10.9. The molecular weight excluding hydrogens is 288 g/mol. The average Bonchev–Trinajstić information content (AvgIpc) is 3.25. The molecule has 1 aromatic rings. The maximum absolute atomic E-state index is 12.4. The normalized spacial score (nSPS) is 22.1. The van der Waals surface area contributed by atoms with Crippen molar-refractivity contribution in [1.29, 1.82) is 0 Å². The molecule has 3 rings (SSSR count). The smallest absolute Gasteiger partial charge is 0.271 e. The van der Waals surface area contributed by atoms with Crippen LogP contribution in [-0.4, -0.2) is 35.3 Å². The molecule has 1 aliphatic heterocycles. The van der Waals surface area contributed by atoms with Crippen molar-refractivity contribution in [3.05, 3.63) is 17.5 Å². The summed E-state index contributed by atoms with van der Waals surface area (Å²) in [7, 11) is 0. The third-order valence-corrected chi connectivity index (χ3v) is 4.84. The van der Waals surface area contributed by atoms with Crippen LogP contribution >= 0.6 is 0 Å². The molecule has 128 valence electrons. The summed E-state index contributed by atoms with van der Waals surface area (Å²) in [5, 5.41) is 11.1. The van der Waals surface area contributed by atoms with Gasteiger partial charge in [0, 0.05) is 18.2 Å². The Morgan fingerprint density at radius 2 is 2.17 bits per heavy atom. The molecule has 1 saturated heterocycles. The number of carbonyl (C=O) groups is 1. The quantitative estimate of drug-likeness (QED) is 0.877. The first-order valence-electron chi connectivity index (χ1n) is 9.04. The lowest BCUT2D eigenvalue weighted by Crippen LogP contribution is -2.33. The molecule has 0 aromatic carbocycles. The van der Waals surface area contributed by atoms with E-state index >= 15 is 0 Å². The highest BCUT2D eigenvalue weighted by Gasteiger charge is 2.32. The highest BCUT2D eigenvalue weighted by molar-refractivity contribution is 5.92. The number of nitrogens with zero attached hydrogens (tertiary/aromatic N) is 2. The topological polar surface area (TPSA) is 59.0 Å². The van der Waals surface area contributed by atoms with Gasteiger partial charge in [0.05, 0.1) is 5.54 Å². The van der Waals surface area contributed by atoms with Gasteiger partial charge >= 0.3 is 0 Å². The minimum absolute atomic E-state index is 0.0290. The van der Waals surface area contributed by atoms with Crippen LogP contribution in [0.5, 0.6) is 0 Å². The molecule has 2 heterocycles. The predicted molar refractivity (Wildman–Crippen MR) is 91.7 cm³/mol. The second kappa shape index (κ2) is 6.63. The largest absolute Gasteiger partial charge is 0.351 e. The van der Waals surface area contributed by atoms with Crippen molar-refractivity contribution in [2.24, 2.45) is 5.92 Å². The van der Waals surface area contributed by atoms with Gasteiger partial charge in [-0.25, -0.2) is 0 Å². The first kappa shape index (κ1) is 16.5. The van der Waals surface area contributed by atoms with Gasteiger partial charge in [-0.1, -0.05) is 0 Å². The zero-order valence-corrected chi connectivity index (χ0v) is 14.7. The number of carbonyl (C=O) groups excluding carboxylic acids is 1. The van der Waals surface area contributed by atoms with E-state index < -0.39 is 0 Å². The Hall–Kier alpha value is -1.36. The molecule has 1 aromatic heterocycles. The fourth-order valence-electron chi connectivity index (χ4n) is 3.36. The molecule has 2 N–H and O–H groups in total. The third-order valence-electron chi connectivity index (χ3n) is 4.84. The maximum atomic E-state index is 12.4. The second-order valence-electron chi connectivity index (χ2n) is 8.07. The molecule has 0 radical (unpaired) electrons. The Kier molecular flexibility index (Phi) is 4.76. The lowest BCUT2D eigenvalue weighted by atomic mass is 9.96. The van der Waals surface area contributed by atoms with Gasteiger partial charge in [0.15, 0.2) is 0 Å². The molecule has 1 amide bonds. The van der Waals surface area contributed by atoms with Gasteiger partial charge in [-0.05, 0) is 77.9 Å². The fourth-order valence-corrected chi connectivity index (χ4v) is 3.36. The molecular formula is C18H30N4O. The minimum Gasteiger partial charge on any atom is -0.351 e. The molecule has 23 heavy (non-hydrogen) atoms. The summed E-state index contributed by atoms with van der Waals surface area (Å²) in [6, 6.07) is 2.00. The van der Waals surface area contributed by atoms with Gasteiger partial charge in [-0.3, -0.25) is 9.48 Å². The van der Waals surface area contributed by atoms with Crippen molar-refractivity contribution in [3.8, 4) is 0 Å². The van der Waals surface area contributed by atoms with E-state index in [1.807, 2.05) is 10.7 Å². The highest BCUT2D eigenvalue weighted by atomic mass is 16.1. The summed E-state index contributed by atoms with van der Waals surface area (Å²) >= 11 is 0. The Balaban J connectivity index is 1.58. The Labute approximate surface area is 139 Å². The summed E-state index contributed by atoms with van der Waals surface area (Å²) in [6.07, 6.45) is 6.01. The summed E-state index contributed by atoms with van der Waals surface area (Å²) in [4.78, 5) is 12.4. The predicted octanol–water partition coefficient (Wildman–Crippen LogP) is 2.64. The van der Waals surface area contributed by atoms with Crippen LogP contribution in [0.15, 0.2) is 6.07 Å². The van der Waals surface area contributed by atoms with Crippen molar-refractivity contribution in [1.82, 2.24) is 20.4 Å². The molecule has 5 nitrogen and oxygen atoms in total. The SMILES string of the molecule is CC(C)(C)n1nc(C(=O)NCCC2CCCNC2)cc1C1CC1. The van der Waals surface area contributed by atoms with Crippen LogP contribution in [0.3, 0.4) is 0 Å². The molecule has 0 spiro atoms. The summed E-state index contributed by atoms with van der Waals surface area (Å²) in [6.45, 7) is 9.39. The van der Waals surface area contributed by atoms with Gasteiger partial charge in [0.1, 0.15) is 5.69 Å². The van der Waals surface area contributed by atoms with Crippen LogP contribution in [0.25, 0.3) is 0 Å². The lowest BCUT2D eigenvalue weighted by Gasteiger charge is -2.22. The number of hydrogen-bond donors (Lipinski definition) is 2. The van der Waals surface area contributed by atoms with Gasteiger partial charge in [0.25, 0.3) is 5.91 Å². The highest BCUT2D eigenvalue weighted by Crippen LogP contribution is 2.41. The van der Waals surface area contributed by atoms with Gasteiger partial charge in [-0.15, -0.1) is 0 Å². The van der Waals surface area contributed by atoms with Crippen LogP contribution < -0.4 is 10.6 Å². The lowest BCUT2D eigenvalue weighted by molar-refractivity contribution is 0.0944. The van der Waals surface area contributed by atoms with Crippen LogP contribution in [-0.2, 0) is 5.54 Å². The molecule has 1 saturated carbocycles. The van der Waals surface area contributed by atoms with Crippen molar-refractivity contribution < 1.29 is 4.79 Å². The molecule has 2 aliphatic rings. The molecule has 0 bridgehead atoms. The Bertz CT molecular complexity index is 548. The van der Waals surface area contributed by atoms with Crippen molar-refractivity contribution >= 4 is 5.91 Å². The second-order valence-corrected chi connectivity index (χ2v) is 8.07. The standard InChI is InChI=1S/C18H30N4O/c1-18(2,3)22-16(14-6-7-14)11-15(21-22)17(23)20-10-8-13-5-4-9-19-12-13/h11,13-14,19H,4-10,12H2,1-3H3,(H,20,23). The summed E-state index contributed by atoms with van der Waals surface area (Å²) in [5.41, 5.74) is 1.72. The number of aromatic nitrogens is 2. The minimum atomic E-state index is -0.0791. The van der Waals surface area contributed by atoms with Crippen molar-refractivity contribution in [3.63, 3.8) is 0 Å². The number of hydrogen-bond acceptors (Lipinski definition) is 3. The van der Waals surface area contributed by atoms with Crippen LogP contribution in [0.1, 0.15) is 75.0 Å². The number of piperidine rings is 1. The van der Waals surface area contributed by atoms with E-state index in [0.29, 0.717) is 17.5 Å². The number of rotatable bonds is 5. The summed E-state index contributed by atoms with van der Waals surface area (Å²) in [5.74, 6) is 1.26. The monoisotopic (exact) mass is 318 g/mol. The van der Waals surface area contributed by atoms with Gasteiger partial charge < -0.3 is 10.6 Å². The van der Waals surface area contributed by atoms with E-state index in [0.717, 1.165) is 26.1 Å². The average molecular weight is 318 g/mol. The van der Waals surface area contributed by atoms with E-state index in [9.17, 15) is 4.79 Å². The van der Waals surface area contributed by atoms with Gasteiger partial charge in [0.2, 0.25) is 0 Å². The van der Waals surface area contributed by atoms with Gasteiger partial charge in [-0.2, -0.15) is 5.10 Å². The first-order valence-corrected chi connectivity index (χ1v) is 9.04. The molecule has 1 aliphatic carbocycles. The van der Waals surface area contributed by atoms with Crippen molar-refractivity contribution in [2.75, 3.05) is 19.6 Å². The molecule has 5 heteroatoms. The summed E-state index contributed by atoms with van der Waals surface area (Å²) < 4.78 is 2.05. The number of nitrogens with one attached hydrogen (secondary N) is 2. The molecule has 1 unspecified atom stereocenters. The van der Waals surface area contributed by atoms with Crippen molar-refractivity contribution in [2.45, 2.75) is 64.3 Å². The third kappa shape index (κ3) is 4.14. The Morgan fingerprint density at radius 1 is 1.39 bits per heavy atom. The van der Waals surface area contributed by atoms with E-state index in [1.54, 1.807) is 0 Å². The Morgan fingerprint density at radius 3 is 2.78 bits per heavy atom. The van der Waals surface area contributed by atoms with E-state index in [4.69, 9.17) is 0 Å². The maximum Gasteiger partial charge on any atom is 0.271 e. The van der Waals surface area contributed by atoms with E-state index in [2.05, 4.69) is 36.5 Å². The van der Waals surface area contributed by atoms with Crippen LogP contribution in [0.4, 0.5) is 0 Å². The molecule has 2 fully saturated rings. The van der Waals surface area contributed by atoms with Crippen LogP contribution in [0.2, 0.25) is 0 Å². The zero-order valence-electron chi connectivity index (χ0n) is 14.7.